The highest BCUT2D eigenvalue weighted by atomic mass is 16.2. The topological polar surface area (TPSA) is 32.3 Å². The van der Waals surface area contributed by atoms with Crippen molar-refractivity contribution in [2.24, 2.45) is 0 Å². The number of fused-ring (bicyclic) bond motifs is 3. The molecule has 0 aliphatic carbocycles. The molecule has 2 aliphatic heterocycles. The van der Waals surface area contributed by atoms with Crippen LogP contribution < -0.4 is 10.2 Å². The Labute approximate surface area is 168 Å². The number of carbonyl (C=O) groups excluding carboxylic acids is 1. The van der Waals surface area contributed by atoms with Crippen molar-refractivity contribution in [3.63, 3.8) is 0 Å². The van der Waals surface area contributed by atoms with E-state index in [1.165, 1.54) is 16.8 Å². The van der Waals surface area contributed by atoms with Gasteiger partial charge in [0.1, 0.15) is 5.66 Å². The van der Waals surface area contributed by atoms with Crippen LogP contribution in [0.1, 0.15) is 57.7 Å². The first-order valence-electron chi connectivity index (χ1n) is 10.1. The first kappa shape index (κ1) is 18.8. The van der Waals surface area contributed by atoms with Gasteiger partial charge in [-0.1, -0.05) is 83.2 Å². The van der Waals surface area contributed by atoms with E-state index in [-0.39, 0.29) is 16.7 Å². The molecular formula is C25H30N2O. The van der Waals surface area contributed by atoms with E-state index in [1.807, 2.05) is 0 Å². The van der Waals surface area contributed by atoms with Crippen LogP contribution in [0.5, 0.6) is 0 Å². The number of para-hydroxylation sites is 1. The first-order chi connectivity index (χ1) is 13.1. The molecule has 1 atom stereocenters. The molecule has 146 valence electrons. The van der Waals surface area contributed by atoms with Gasteiger partial charge in [0.15, 0.2) is 0 Å². The summed E-state index contributed by atoms with van der Waals surface area (Å²) in [6.45, 7) is 11.9. The monoisotopic (exact) mass is 374 g/mol. The minimum Gasteiger partial charge on any atom is -0.344 e. The van der Waals surface area contributed by atoms with E-state index in [0.29, 0.717) is 6.42 Å². The summed E-state index contributed by atoms with van der Waals surface area (Å²) in [6.07, 6.45) is 4.87. The predicted molar refractivity (Wildman–Crippen MR) is 116 cm³/mol. The Bertz CT molecular complexity index is 934. The van der Waals surface area contributed by atoms with Gasteiger partial charge in [-0.25, -0.2) is 0 Å². The normalized spacial score (nSPS) is 23.5. The minimum atomic E-state index is -0.547. The molecule has 2 heterocycles. The van der Waals surface area contributed by atoms with E-state index in [9.17, 15) is 4.79 Å². The van der Waals surface area contributed by atoms with Crippen molar-refractivity contribution in [2.75, 3.05) is 11.4 Å². The summed E-state index contributed by atoms with van der Waals surface area (Å²) in [5, 5.41) is 3.34. The molecule has 2 aromatic rings. The molecule has 3 heteroatoms. The molecule has 0 radical (unpaired) electrons. The lowest BCUT2D eigenvalue weighted by atomic mass is 9.74. The average Bonchev–Trinajstić information content (AvgIpc) is 2.84. The van der Waals surface area contributed by atoms with Crippen LogP contribution in [0.15, 0.2) is 54.6 Å². The smallest absolute Gasteiger partial charge is 0.223 e. The van der Waals surface area contributed by atoms with Gasteiger partial charge in [0, 0.05) is 24.1 Å². The van der Waals surface area contributed by atoms with Crippen molar-refractivity contribution in [1.29, 1.82) is 0 Å². The summed E-state index contributed by atoms with van der Waals surface area (Å²) < 4.78 is 0. The number of nitrogens with one attached hydrogen (secondary N) is 1. The zero-order valence-corrected chi connectivity index (χ0v) is 17.5. The fourth-order valence-corrected chi connectivity index (χ4v) is 4.63. The Kier molecular flexibility index (Phi) is 4.18. The maximum atomic E-state index is 12.4. The summed E-state index contributed by atoms with van der Waals surface area (Å²) in [7, 11) is 0. The van der Waals surface area contributed by atoms with E-state index in [0.717, 1.165) is 12.1 Å². The van der Waals surface area contributed by atoms with Gasteiger partial charge in [-0.2, -0.15) is 0 Å². The number of anilines is 1. The van der Waals surface area contributed by atoms with Crippen molar-refractivity contribution >= 4 is 17.7 Å². The van der Waals surface area contributed by atoms with E-state index in [4.69, 9.17) is 0 Å². The zero-order chi connectivity index (χ0) is 20.2. The highest BCUT2D eigenvalue weighted by molar-refractivity contribution is 5.84. The molecule has 2 aliphatic rings. The number of benzene rings is 2. The SMILES string of the molecule is CC(C)(C)c1ccc(/C=C/[C@@]23NC(=O)CCN2c2ccccc2C3(C)C)cc1. The summed E-state index contributed by atoms with van der Waals surface area (Å²) >= 11 is 0. The molecular weight excluding hydrogens is 344 g/mol. The lowest BCUT2D eigenvalue weighted by molar-refractivity contribution is -0.124. The second-order valence-electron chi connectivity index (χ2n) is 9.56. The molecule has 4 rings (SSSR count). The van der Waals surface area contributed by atoms with Crippen molar-refractivity contribution in [2.45, 2.75) is 57.5 Å². The molecule has 1 saturated heterocycles. The standard InChI is InChI=1S/C25H30N2O/c1-23(2,3)19-12-10-18(11-13-19)14-16-25-24(4,5)20-8-6-7-9-21(20)27(25)17-15-22(28)26-25/h6-14,16H,15,17H2,1-5H3,(H,26,28)/b16-14+/t25-/m1/s1. The lowest BCUT2D eigenvalue weighted by Crippen LogP contribution is -2.68. The Morgan fingerprint density at radius 3 is 2.39 bits per heavy atom. The van der Waals surface area contributed by atoms with E-state index in [1.54, 1.807) is 0 Å². The molecule has 0 spiro atoms. The van der Waals surface area contributed by atoms with Crippen LogP contribution >= 0.6 is 0 Å². The van der Waals surface area contributed by atoms with Crippen molar-refractivity contribution in [3.05, 3.63) is 71.3 Å². The molecule has 2 aromatic carbocycles. The highest BCUT2D eigenvalue weighted by Gasteiger charge is 2.57. The van der Waals surface area contributed by atoms with Gasteiger partial charge in [0.05, 0.1) is 0 Å². The fourth-order valence-electron chi connectivity index (χ4n) is 4.63. The summed E-state index contributed by atoms with van der Waals surface area (Å²) in [5.41, 5.74) is 4.34. The predicted octanol–water partition coefficient (Wildman–Crippen LogP) is 5.01. The maximum Gasteiger partial charge on any atom is 0.223 e. The van der Waals surface area contributed by atoms with Crippen LogP contribution in [-0.4, -0.2) is 18.1 Å². The quantitative estimate of drug-likeness (QED) is 0.801. The third kappa shape index (κ3) is 2.76. The third-order valence-corrected chi connectivity index (χ3v) is 6.43. The van der Waals surface area contributed by atoms with Gasteiger partial charge in [-0.15, -0.1) is 0 Å². The first-order valence-corrected chi connectivity index (χ1v) is 10.1. The number of hydrogen-bond acceptors (Lipinski definition) is 2. The molecule has 28 heavy (non-hydrogen) atoms. The van der Waals surface area contributed by atoms with E-state index < -0.39 is 5.66 Å². The number of amides is 1. The van der Waals surface area contributed by atoms with Crippen LogP contribution in [0, 0.1) is 0 Å². The Morgan fingerprint density at radius 1 is 1.04 bits per heavy atom. The Hall–Kier alpha value is -2.55. The molecule has 1 N–H and O–H groups in total. The Balaban J connectivity index is 1.75. The van der Waals surface area contributed by atoms with Gasteiger partial charge < -0.3 is 10.2 Å². The van der Waals surface area contributed by atoms with Gasteiger partial charge in [0.25, 0.3) is 0 Å². The number of carbonyl (C=O) groups is 1. The fraction of sp³-hybridized carbons (Fsp3) is 0.400. The van der Waals surface area contributed by atoms with Crippen LogP contribution in [0.3, 0.4) is 0 Å². The van der Waals surface area contributed by atoms with Gasteiger partial charge in [0.2, 0.25) is 5.91 Å². The van der Waals surface area contributed by atoms with Crippen molar-refractivity contribution in [3.8, 4) is 0 Å². The van der Waals surface area contributed by atoms with Gasteiger partial charge >= 0.3 is 0 Å². The van der Waals surface area contributed by atoms with Crippen molar-refractivity contribution in [1.82, 2.24) is 5.32 Å². The molecule has 1 fully saturated rings. The third-order valence-electron chi connectivity index (χ3n) is 6.43. The lowest BCUT2D eigenvalue weighted by Gasteiger charge is -2.49. The molecule has 1 amide bonds. The average molecular weight is 375 g/mol. The second kappa shape index (κ2) is 6.23. The van der Waals surface area contributed by atoms with Gasteiger partial charge in [-0.3, -0.25) is 4.79 Å². The molecule has 0 aromatic heterocycles. The number of nitrogens with zero attached hydrogens (tertiary/aromatic N) is 1. The summed E-state index contributed by atoms with van der Waals surface area (Å²) in [4.78, 5) is 14.8. The number of hydrogen-bond donors (Lipinski definition) is 1. The second-order valence-corrected chi connectivity index (χ2v) is 9.56. The molecule has 0 saturated carbocycles. The van der Waals surface area contributed by atoms with Crippen LogP contribution in [0.2, 0.25) is 0 Å². The van der Waals surface area contributed by atoms with Crippen LogP contribution in [-0.2, 0) is 15.6 Å². The Morgan fingerprint density at radius 2 is 1.71 bits per heavy atom. The molecule has 0 bridgehead atoms. The minimum absolute atomic E-state index is 0.116. The van der Waals surface area contributed by atoms with E-state index >= 15 is 0 Å². The molecule has 3 nitrogen and oxygen atoms in total. The summed E-state index contributed by atoms with van der Waals surface area (Å²) in [5.74, 6) is 0.116. The molecule has 0 unspecified atom stereocenters. The maximum absolute atomic E-state index is 12.4. The van der Waals surface area contributed by atoms with Crippen LogP contribution in [0.4, 0.5) is 5.69 Å². The van der Waals surface area contributed by atoms with Crippen molar-refractivity contribution < 1.29 is 4.79 Å². The van der Waals surface area contributed by atoms with Gasteiger partial charge in [-0.05, 0) is 34.2 Å². The number of rotatable bonds is 2. The highest BCUT2D eigenvalue weighted by Crippen LogP contribution is 2.52. The van der Waals surface area contributed by atoms with E-state index in [2.05, 4.69) is 106 Å². The largest absolute Gasteiger partial charge is 0.344 e. The summed E-state index contributed by atoms with van der Waals surface area (Å²) in [6, 6.07) is 17.2. The van der Waals surface area contributed by atoms with Crippen LogP contribution in [0.25, 0.3) is 6.08 Å². The zero-order valence-electron chi connectivity index (χ0n) is 17.5.